The highest BCUT2D eigenvalue weighted by atomic mass is 79.9. The molecular weight excluding hydrogens is 496 g/mol. The van der Waals surface area contributed by atoms with Crippen LogP contribution in [0.4, 0.5) is 11.4 Å². The first-order valence-electron chi connectivity index (χ1n) is 10.7. The van der Waals surface area contributed by atoms with Gasteiger partial charge >= 0.3 is 0 Å². The number of anilines is 1. The number of nitro benzene ring substituents is 1. The number of hydrogen-bond acceptors (Lipinski definition) is 4. The molecule has 0 aliphatic carbocycles. The molecule has 7 heteroatoms. The molecule has 2 amide bonds. The number of nitro groups is 1. The summed E-state index contributed by atoms with van der Waals surface area (Å²) in [6.45, 7) is 5.63. The van der Waals surface area contributed by atoms with Gasteiger partial charge in [-0.1, -0.05) is 46.3 Å². The van der Waals surface area contributed by atoms with E-state index < -0.39 is 16.7 Å². The lowest BCUT2D eigenvalue weighted by molar-refractivity contribution is -0.384. The predicted molar refractivity (Wildman–Crippen MR) is 136 cm³/mol. The van der Waals surface area contributed by atoms with Crippen molar-refractivity contribution in [3.05, 3.63) is 103 Å². The number of carbonyl (C=O) groups is 2. The van der Waals surface area contributed by atoms with Crippen LogP contribution in [0.15, 0.2) is 65.1 Å². The van der Waals surface area contributed by atoms with E-state index in [0.717, 1.165) is 26.1 Å². The lowest BCUT2D eigenvalue weighted by atomic mass is 9.86. The van der Waals surface area contributed by atoms with E-state index in [0.29, 0.717) is 33.2 Å². The lowest BCUT2D eigenvalue weighted by Crippen LogP contribution is -2.41. The van der Waals surface area contributed by atoms with Gasteiger partial charge in [0.15, 0.2) is 0 Å². The normalized spacial score (nSPS) is 13.0. The van der Waals surface area contributed by atoms with Crippen molar-refractivity contribution in [2.75, 3.05) is 4.90 Å². The lowest BCUT2D eigenvalue weighted by Gasteiger charge is -2.29. The third-order valence-electron chi connectivity index (χ3n) is 6.48. The van der Waals surface area contributed by atoms with Gasteiger partial charge in [0.05, 0.1) is 21.7 Å². The first-order chi connectivity index (χ1) is 16.2. The van der Waals surface area contributed by atoms with E-state index in [2.05, 4.69) is 15.9 Å². The second kappa shape index (κ2) is 7.88. The molecule has 0 saturated heterocycles. The quantitative estimate of drug-likeness (QED) is 0.169. The van der Waals surface area contributed by atoms with Crippen LogP contribution in [-0.2, 0) is 0 Å². The van der Waals surface area contributed by atoms with Gasteiger partial charge in [-0.25, -0.2) is 4.90 Å². The Morgan fingerprint density at radius 1 is 0.824 bits per heavy atom. The van der Waals surface area contributed by atoms with Crippen molar-refractivity contribution in [3.63, 3.8) is 0 Å². The van der Waals surface area contributed by atoms with Crippen molar-refractivity contribution < 1.29 is 14.5 Å². The summed E-state index contributed by atoms with van der Waals surface area (Å²) in [4.78, 5) is 40.2. The Balaban J connectivity index is 1.86. The molecule has 168 valence electrons. The fourth-order valence-corrected chi connectivity index (χ4v) is 5.16. The topological polar surface area (TPSA) is 80.5 Å². The third-order valence-corrected chi connectivity index (χ3v) is 6.97. The summed E-state index contributed by atoms with van der Waals surface area (Å²) in [6.07, 6.45) is 0. The number of hydrogen-bond donors (Lipinski definition) is 0. The Morgan fingerprint density at radius 3 is 2.24 bits per heavy atom. The molecule has 0 aromatic heterocycles. The maximum Gasteiger partial charge on any atom is 0.278 e. The average molecular weight is 515 g/mol. The Morgan fingerprint density at radius 2 is 1.53 bits per heavy atom. The standard InChI is InChI=1S/C27H19BrN2O4/c1-14-6-4-9-22(16(14)3)29-26(31)20-8-5-7-19-24(20)21(27(29)32)13-23(30(33)34)25(19)18-11-10-17(28)12-15(18)2/h4-13H,1-3H3. The number of halogens is 1. The van der Waals surface area contributed by atoms with Crippen LogP contribution in [0.25, 0.3) is 21.9 Å². The molecule has 6 nitrogen and oxygen atoms in total. The maximum atomic E-state index is 13.7. The zero-order chi connectivity index (χ0) is 24.3. The van der Waals surface area contributed by atoms with Gasteiger partial charge in [0, 0.05) is 21.5 Å². The minimum Gasteiger partial charge on any atom is -0.268 e. The molecule has 5 rings (SSSR count). The summed E-state index contributed by atoms with van der Waals surface area (Å²) >= 11 is 3.44. The highest BCUT2D eigenvalue weighted by Crippen LogP contribution is 2.44. The van der Waals surface area contributed by atoms with E-state index in [1.807, 2.05) is 45.0 Å². The fourth-order valence-electron chi connectivity index (χ4n) is 4.68. The molecule has 0 unspecified atom stereocenters. The molecule has 1 aliphatic rings. The molecule has 0 atom stereocenters. The van der Waals surface area contributed by atoms with E-state index in [4.69, 9.17) is 0 Å². The monoisotopic (exact) mass is 514 g/mol. The van der Waals surface area contributed by atoms with Crippen LogP contribution >= 0.6 is 15.9 Å². The van der Waals surface area contributed by atoms with E-state index in [1.165, 1.54) is 6.07 Å². The molecule has 0 N–H and O–H groups in total. The second-order valence-electron chi connectivity index (χ2n) is 8.43. The Kier molecular flexibility index (Phi) is 5.10. The molecule has 0 saturated carbocycles. The first kappa shape index (κ1) is 22.0. The van der Waals surface area contributed by atoms with Crippen LogP contribution in [0.2, 0.25) is 0 Å². The van der Waals surface area contributed by atoms with Gasteiger partial charge in [-0.2, -0.15) is 0 Å². The number of amides is 2. The van der Waals surface area contributed by atoms with Crippen LogP contribution in [0.5, 0.6) is 0 Å². The van der Waals surface area contributed by atoms with Crippen LogP contribution < -0.4 is 4.90 Å². The Labute approximate surface area is 204 Å². The molecule has 0 spiro atoms. The Hall–Kier alpha value is -3.84. The van der Waals surface area contributed by atoms with Crippen molar-refractivity contribution in [3.8, 4) is 11.1 Å². The van der Waals surface area contributed by atoms with Gasteiger partial charge in [0.1, 0.15) is 0 Å². The van der Waals surface area contributed by atoms with Gasteiger partial charge in [-0.15, -0.1) is 0 Å². The number of imide groups is 1. The van der Waals surface area contributed by atoms with Crippen molar-refractivity contribution in [2.24, 2.45) is 0 Å². The third kappa shape index (κ3) is 3.15. The van der Waals surface area contributed by atoms with E-state index >= 15 is 0 Å². The summed E-state index contributed by atoms with van der Waals surface area (Å²) in [5.41, 5.74) is 4.46. The predicted octanol–water partition coefficient (Wildman–Crippen LogP) is 6.90. The van der Waals surface area contributed by atoms with Crippen LogP contribution in [0, 0.1) is 30.9 Å². The first-order valence-corrected chi connectivity index (χ1v) is 11.5. The van der Waals surface area contributed by atoms with Gasteiger partial charge < -0.3 is 0 Å². The zero-order valence-corrected chi connectivity index (χ0v) is 20.3. The largest absolute Gasteiger partial charge is 0.278 e. The highest BCUT2D eigenvalue weighted by Gasteiger charge is 2.38. The van der Waals surface area contributed by atoms with Crippen LogP contribution in [0.3, 0.4) is 0 Å². The van der Waals surface area contributed by atoms with Crippen LogP contribution in [0.1, 0.15) is 37.4 Å². The molecule has 4 aromatic rings. The van der Waals surface area contributed by atoms with Crippen molar-refractivity contribution >= 4 is 49.9 Å². The molecule has 1 aliphatic heterocycles. The molecule has 4 aromatic carbocycles. The van der Waals surface area contributed by atoms with Crippen LogP contribution in [-0.4, -0.2) is 16.7 Å². The number of nitrogens with zero attached hydrogens (tertiary/aromatic N) is 2. The molecule has 0 radical (unpaired) electrons. The highest BCUT2D eigenvalue weighted by molar-refractivity contribution is 9.10. The molecule has 0 fully saturated rings. The zero-order valence-electron chi connectivity index (χ0n) is 18.7. The maximum absolute atomic E-state index is 13.7. The Bertz CT molecular complexity index is 1580. The van der Waals surface area contributed by atoms with Gasteiger partial charge in [-0.05, 0) is 72.7 Å². The SMILES string of the molecule is Cc1cc(Br)ccc1-c1c([N+](=O)[O-])cc2c3c(cccc13)C(=O)N(c1cccc(C)c1C)C2=O. The molecular formula is C27H19BrN2O4. The fraction of sp³-hybridized carbons (Fsp3) is 0.111. The summed E-state index contributed by atoms with van der Waals surface area (Å²) in [6, 6.07) is 17.4. The van der Waals surface area contributed by atoms with Crippen molar-refractivity contribution in [1.82, 2.24) is 0 Å². The van der Waals surface area contributed by atoms with E-state index in [-0.39, 0.29) is 11.3 Å². The number of aryl methyl sites for hydroxylation is 2. The smallest absolute Gasteiger partial charge is 0.268 e. The summed E-state index contributed by atoms with van der Waals surface area (Å²) in [5, 5.41) is 13.2. The van der Waals surface area contributed by atoms with Crippen molar-refractivity contribution in [1.29, 1.82) is 0 Å². The second-order valence-corrected chi connectivity index (χ2v) is 9.34. The van der Waals surface area contributed by atoms with E-state index in [1.54, 1.807) is 30.3 Å². The van der Waals surface area contributed by atoms with E-state index in [9.17, 15) is 19.7 Å². The molecule has 1 heterocycles. The average Bonchev–Trinajstić information content (AvgIpc) is 2.80. The summed E-state index contributed by atoms with van der Waals surface area (Å²) in [7, 11) is 0. The van der Waals surface area contributed by atoms with Crippen molar-refractivity contribution in [2.45, 2.75) is 20.8 Å². The number of rotatable bonds is 3. The molecule has 0 bridgehead atoms. The van der Waals surface area contributed by atoms with Gasteiger partial charge in [-0.3, -0.25) is 19.7 Å². The van der Waals surface area contributed by atoms with Gasteiger partial charge in [0.25, 0.3) is 17.5 Å². The van der Waals surface area contributed by atoms with Gasteiger partial charge in [0.2, 0.25) is 0 Å². The number of carbonyl (C=O) groups excluding carboxylic acids is 2. The number of benzene rings is 4. The summed E-state index contributed by atoms with van der Waals surface area (Å²) in [5.74, 6) is -1.01. The summed E-state index contributed by atoms with van der Waals surface area (Å²) < 4.78 is 0.855. The minimum absolute atomic E-state index is 0.149. The minimum atomic E-state index is -0.565. The molecule has 34 heavy (non-hydrogen) atoms.